The van der Waals surface area contributed by atoms with Crippen LogP contribution in [-0.2, 0) is 0 Å². The Morgan fingerprint density at radius 2 is 2.00 bits per heavy atom. The molecule has 2 aromatic heterocycles. The van der Waals surface area contributed by atoms with Crippen LogP contribution in [0.5, 0.6) is 0 Å². The maximum absolute atomic E-state index is 4.49. The van der Waals surface area contributed by atoms with Gasteiger partial charge in [-0.2, -0.15) is 0 Å². The Labute approximate surface area is 118 Å². The van der Waals surface area contributed by atoms with E-state index in [9.17, 15) is 0 Å². The van der Waals surface area contributed by atoms with Crippen LogP contribution in [0.15, 0.2) is 52.8 Å². The van der Waals surface area contributed by atoms with Gasteiger partial charge >= 0.3 is 0 Å². The van der Waals surface area contributed by atoms with Gasteiger partial charge in [-0.1, -0.05) is 19.1 Å². The number of nitrogens with one attached hydrogen (secondary N) is 1. The molecule has 0 amide bonds. The minimum atomic E-state index is 0.305. The number of pyridine rings is 2. The van der Waals surface area contributed by atoms with Crippen LogP contribution in [0, 0.1) is 0 Å². The minimum absolute atomic E-state index is 0.305. The van der Waals surface area contributed by atoms with Crippen molar-refractivity contribution in [3.05, 3.63) is 48.3 Å². The SMILES string of the molecule is CCCNC(C)c1cccnc1Sc1ccccn1. The summed E-state index contributed by atoms with van der Waals surface area (Å²) in [6.45, 7) is 5.37. The third-order valence-corrected chi connectivity index (χ3v) is 3.79. The summed E-state index contributed by atoms with van der Waals surface area (Å²) >= 11 is 1.61. The van der Waals surface area contributed by atoms with E-state index in [4.69, 9.17) is 0 Å². The molecule has 19 heavy (non-hydrogen) atoms. The van der Waals surface area contributed by atoms with Crippen LogP contribution in [0.4, 0.5) is 0 Å². The molecule has 0 aliphatic heterocycles. The molecule has 0 fully saturated rings. The third-order valence-electron chi connectivity index (χ3n) is 2.81. The molecule has 2 heterocycles. The smallest absolute Gasteiger partial charge is 0.107 e. The van der Waals surface area contributed by atoms with Crippen LogP contribution >= 0.6 is 11.8 Å². The summed E-state index contributed by atoms with van der Waals surface area (Å²) < 4.78 is 0. The van der Waals surface area contributed by atoms with E-state index in [1.165, 1.54) is 5.56 Å². The summed E-state index contributed by atoms with van der Waals surface area (Å²) in [5.41, 5.74) is 1.23. The van der Waals surface area contributed by atoms with Gasteiger partial charge in [-0.15, -0.1) is 0 Å². The van der Waals surface area contributed by atoms with Gasteiger partial charge in [0.2, 0.25) is 0 Å². The molecular formula is C15H19N3S. The van der Waals surface area contributed by atoms with E-state index in [0.717, 1.165) is 23.0 Å². The van der Waals surface area contributed by atoms with Gasteiger partial charge in [-0.05, 0) is 49.9 Å². The highest BCUT2D eigenvalue weighted by molar-refractivity contribution is 7.99. The molecule has 1 atom stereocenters. The predicted octanol–water partition coefficient (Wildman–Crippen LogP) is 3.69. The summed E-state index contributed by atoms with van der Waals surface area (Å²) in [6, 6.07) is 10.4. The number of aromatic nitrogens is 2. The molecule has 0 aliphatic carbocycles. The molecule has 0 spiro atoms. The van der Waals surface area contributed by atoms with Crippen molar-refractivity contribution in [2.75, 3.05) is 6.54 Å². The second-order valence-corrected chi connectivity index (χ2v) is 5.35. The van der Waals surface area contributed by atoms with Gasteiger partial charge in [0.15, 0.2) is 0 Å². The van der Waals surface area contributed by atoms with Crippen molar-refractivity contribution < 1.29 is 0 Å². The van der Waals surface area contributed by atoms with Crippen LogP contribution in [0.3, 0.4) is 0 Å². The molecule has 0 radical (unpaired) electrons. The van der Waals surface area contributed by atoms with Gasteiger partial charge in [-0.3, -0.25) is 0 Å². The summed E-state index contributed by atoms with van der Waals surface area (Å²) in [6.07, 6.45) is 4.78. The Balaban J connectivity index is 2.16. The fraction of sp³-hybridized carbons (Fsp3) is 0.333. The van der Waals surface area contributed by atoms with Crippen LogP contribution < -0.4 is 5.32 Å². The van der Waals surface area contributed by atoms with Crippen molar-refractivity contribution in [3.63, 3.8) is 0 Å². The lowest BCUT2D eigenvalue weighted by Gasteiger charge is -2.16. The molecule has 100 valence electrons. The monoisotopic (exact) mass is 273 g/mol. The summed E-state index contributed by atoms with van der Waals surface area (Å²) in [5, 5.41) is 5.50. The van der Waals surface area contributed by atoms with Crippen molar-refractivity contribution >= 4 is 11.8 Å². The first-order valence-corrected chi connectivity index (χ1v) is 7.40. The lowest BCUT2D eigenvalue weighted by molar-refractivity contribution is 0.560. The highest BCUT2D eigenvalue weighted by Crippen LogP contribution is 2.29. The Morgan fingerprint density at radius 1 is 1.16 bits per heavy atom. The van der Waals surface area contributed by atoms with Crippen LogP contribution in [-0.4, -0.2) is 16.5 Å². The molecule has 0 saturated heterocycles. The molecule has 1 unspecified atom stereocenters. The zero-order valence-electron chi connectivity index (χ0n) is 11.3. The highest BCUT2D eigenvalue weighted by Gasteiger charge is 2.12. The first kappa shape index (κ1) is 14.0. The van der Waals surface area contributed by atoms with Gasteiger partial charge < -0.3 is 5.32 Å². The number of hydrogen-bond donors (Lipinski definition) is 1. The predicted molar refractivity (Wildman–Crippen MR) is 79.3 cm³/mol. The summed E-state index contributed by atoms with van der Waals surface area (Å²) in [4.78, 5) is 8.83. The van der Waals surface area contributed by atoms with Gasteiger partial charge in [0.1, 0.15) is 10.1 Å². The van der Waals surface area contributed by atoms with E-state index in [1.54, 1.807) is 11.8 Å². The van der Waals surface area contributed by atoms with E-state index in [2.05, 4.69) is 35.2 Å². The first-order valence-electron chi connectivity index (χ1n) is 6.58. The molecule has 0 aliphatic rings. The molecule has 2 rings (SSSR count). The summed E-state index contributed by atoms with van der Waals surface area (Å²) in [5.74, 6) is 0. The van der Waals surface area contributed by atoms with Gasteiger partial charge in [0, 0.05) is 24.0 Å². The van der Waals surface area contributed by atoms with Crippen molar-refractivity contribution in [1.82, 2.24) is 15.3 Å². The topological polar surface area (TPSA) is 37.8 Å². The van der Waals surface area contributed by atoms with Gasteiger partial charge in [-0.25, -0.2) is 9.97 Å². The van der Waals surface area contributed by atoms with E-state index >= 15 is 0 Å². The lowest BCUT2D eigenvalue weighted by atomic mass is 10.1. The Morgan fingerprint density at radius 3 is 2.74 bits per heavy atom. The van der Waals surface area contributed by atoms with Crippen LogP contribution in [0.25, 0.3) is 0 Å². The average Bonchev–Trinajstić information content (AvgIpc) is 2.46. The second-order valence-electron chi connectivity index (χ2n) is 4.34. The minimum Gasteiger partial charge on any atom is -0.310 e. The molecule has 0 aromatic carbocycles. The maximum atomic E-state index is 4.49. The van der Waals surface area contributed by atoms with E-state index in [1.807, 2.05) is 36.7 Å². The summed E-state index contributed by atoms with van der Waals surface area (Å²) in [7, 11) is 0. The third kappa shape index (κ3) is 4.04. The standard InChI is InChI=1S/C15H19N3S/c1-3-9-16-12(2)13-7-6-11-18-15(13)19-14-8-4-5-10-17-14/h4-8,10-12,16H,3,9H2,1-2H3. The average molecular weight is 273 g/mol. The van der Waals surface area contributed by atoms with E-state index in [0.29, 0.717) is 6.04 Å². The first-order chi connectivity index (χ1) is 9.31. The maximum Gasteiger partial charge on any atom is 0.107 e. The van der Waals surface area contributed by atoms with Gasteiger partial charge in [0.25, 0.3) is 0 Å². The van der Waals surface area contributed by atoms with Crippen molar-refractivity contribution in [3.8, 4) is 0 Å². The lowest BCUT2D eigenvalue weighted by Crippen LogP contribution is -2.20. The molecule has 3 nitrogen and oxygen atoms in total. The highest BCUT2D eigenvalue weighted by atomic mass is 32.2. The molecular weight excluding hydrogens is 254 g/mol. The Hall–Kier alpha value is -1.39. The van der Waals surface area contributed by atoms with Crippen molar-refractivity contribution in [2.24, 2.45) is 0 Å². The second kappa shape index (κ2) is 7.26. The number of hydrogen-bond acceptors (Lipinski definition) is 4. The zero-order valence-corrected chi connectivity index (χ0v) is 12.2. The Bertz CT molecular complexity index is 502. The zero-order chi connectivity index (χ0) is 13.5. The van der Waals surface area contributed by atoms with Crippen molar-refractivity contribution in [2.45, 2.75) is 36.4 Å². The quantitative estimate of drug-likeness (QED) is 0.871. The van der Waals surface area contributed by atoms with E-state index < -0.39 is 0 Å². The Kier molecular flexibility index (Phi) is 5.36. The molecule has 0 saturated carbocycles. The molecule has 4 heteroatoms. The molecule has 1 N–H and O–H groups in total. The number of rotatable bonds is 6. The van der Waals surface area contributed by atoms with Crippen molar-refractivity contribution in [1.29, 1.82) is 0 Å². The fourth-order valence-electron chi connectivity index (χ4n) is 1.80. The fourth-order valence-corrected chi connectivity index (χ4v) is 2.73. The van der Waals surface area contributed by atoms with E-state index in [-0.39, 0.29) is 0 Å². The number of nitrogens with zero attached hydrogens (tertiary/aromatic N) is 2. The largest absolute Gasteiger partial charge is 0.310 e. The van der Waals surface area contributed by atoms with Gasteiger partial charge in [0.05, 0.1) is 0 Å². The normalized spacial score (nSPS) is 12.3. The molecule has 0 bridgehead atoms. The molecule has 2 aromatic rings. The van der Waals surface area contributed by atoms with Crippen LogP contribution in [0.2, 0.25) is 0 Å². The van der Waals surface area contributed by atoms with Crippen LogP contribution in [0.1, 0.15) is 31.9 Å².